The summed E-state index contributed by atoms with van der Waals surface area (Å²) in [6.45, 7) is 0. The molecular weight excluding hydrogens is 428 g/mol. The smallest absolute Gasteiger partial charge is 0.373 e. The SMILES string of the molecule is CON(C)C(=O)C1(C(O)(C(F)(F)F)C(F)(F)F)C=CC(c2ccccc2)=C(C2CC2)C1. The molecule has 3 rings (SSSR count). The number of hydrogen-bond donors (Lipinski definition) is 1. The zero-order chi connectivity index (χ0) is 23.2. The molecule has 0 aromatic heterocycles. The summed E-state index contributed by atoms with van der Waals surface area (Å²) in [6, 6.07) is 8.46. The molecule has 0 spiro atoms. The van der Waals surface area contributed by atoms with E-state index in [9.17, 15) is 36.2 Å². The van der Waals surface area contributed by atoms with Crippen LogP contribution in [0.4, 0.5) is 26.3 Å². The van der Waals surface area contributed by atoms with Crippen molar-refractivity contribution in [2.45, 2.75) is 37.2 Å². The van der Waals surface area contributed by atoms with Crippen molar-refractivity contribution in [2.24, 2.45) is 11.3 Å². The first-order chi connectivity index (χ1) is 14.3. The second-order valence-electron chi connectivity index (χ2n) is 7.75. The fourth-order valence-electron chi connectivity index (χ4n) is 4.06. The maximum Gasteiger partial charge on any atom is 0.427 e. The number of nitrogens with zero attached hydrogens (tertiary/aromatic N) is 1. The maximum absolute atomic E-state index is 13.9. The molecule has 0 aliphatic heterocycles. The van der Waals surface area contributed by atoms with Crippen molar-refractivity contribution in [1.29, 1.82) is 0 Å². The third-order valence-corrected chi connectivity index (χ3v) is 5.91. The summed E-state index contributed by atoms with van der Waals surface area (Å²) in [4.78, 5) is 17.6. The Kier molecular flexibility index (Phi) is 5.77. The number of carbonyl (C=O) groups excluding carboxylic acids is 1. The van der Waals surface area contributed by atoms with Gasteiger partial charge in [0.25, 0.3) is 11.5 Å². The van der Waals surface area contributed by atoms with Gasteiger partial charge in [0.2, 0.25) is 0 Å². The van der Waals surface area contributed by atoms with Gasteiger partial charge >= 0.3 is 12.4 Å². The van der Waals surface area contributed by atoms with Crippen molar-refractivity contribution >= 4 is 11.5 Å². The number of hydrogen-bond acceptors (Lipinski definition) is 3. The van der Waals surface area contributed by atoms with Crippen molar-refractivity contribution in [2.75, 3.05) is 14.2 Å². The van der Waals surface area contributed by atoms with E-state index in [1.54, 1.807) is 30.3 Å². The minimum absolute atomic E-state index is 0.272. The van der Waals surface area contributed by atoms with Crippen molar-refractivity contribution in [3.05, 3.63) is 53.6 Å². The van der Waals surface area contributed by atoms with Crippen molar-refractivity contribution in [3.8, 4) is 0 Å². The summed E-state index contributed by atoms with van der Waals surface area (Å²) in [6.07, 6.45) is -10.6. The molecule has 1 N–H and O–H groups in total. The lowest BCUT2D eigenvalue weighted by atomic mass is 9.62. The molecule has 1 amide bonds. The normalized spacial score (nSPS) is 22.6. The standard InChI is InChI=1S/C21H21F6NO3/c1-28(31-2)17(29)18(19(30,20(22,23)24)21(25,26)27)11-10-15(13-6-4-3-5-7-13)16(12-18)14-8-9-14/h3-7,10-11,14,30H,8-9,12H2,1-2H3. The largest absolute Gasteiger partial charge is 0.427 e. The Hall–Kier alpha value is -2.33. The lowest BCUT2D eigenvalue weighted by Crippen LogP contribution is -2.70. The molecule has 10 heteroatoms. The van der Waals surface area contributed by atoms with Gasteiger partial charge in [-0.05, 0) is 36.3 Å². The van der Waals surface area contributed by atoms with Gasteiger partial charge in [-0.25, -0.2) is 5.06 Å². The molecule has 4 nitrogen and oxygen atoms in total. The van der Waals surface area contributed by atoms with E-state index in [4.69, 9.17) is 0 Å². The van der Waals surface area contributed by atoms with Crippen molar-refractivity contribution < 1.29 is 41.1 Å². The van der Waals surface area contributed by atoms with Crippen LogP contribution in [0.5, 0.6) is 0 Å². The van der Waals surface area contributed by atoms with Crippen LogP contribution in [0.1, 0.15) is 24.8 Å². The number of aliphatic hydroxyl groups is 1. The van der Waals surface area contributed by atoms with Gasteiger partial charge in [-0.2, -0.15) is 26.3 Å². The van der Waals surface area contributed by atoms with Gasteiger partial charge in [-0.15, -0.1) is 0 Å². The number of benzene rings is 1. The van der Waals surface area contributed by atoms with Crippen LogP contribution in [0.3, 0.4) is 0 Å². The second kappa shape index (κ2) is 7.67. The van der Waals surface area contributed by atoms with Crippen LogP contribution < -0.4 is 0 Å². The van der Waals surface area contributed by atoms with Crippen LogP contribution in [0.15, 0.2) is 48.1 Å². The molecule has 0 heterocycles. The molecule has 2 aliphatic rings. The van der Waals surface area contributed by atoms with E-state index in [0.717, 1.165) is 20.2 Å². The first-order valence-electron chi connectivity index (χ1n) is 9.46. The summed E-state index contributed by atoms with van der Waals surface area (Å²) in [5.74, 6) is -1.92. The first-order valence-corrected chi connectivity index (χ1v) is 9.46. The van der Waals surface area contributed by atoms with E-state index in [1.165, 1.54) is 0 Å². The average Bonchev–Trinajstić information content (AvgIpc) is 3.55. The lowest BCUT2D eigenvalue weighted by Gasteiger charge is -2.48. The average molecular weight is 449 g/mol. The van der Waals surface area contributed by atoms with Crippen LogP contribution >= 0.6 is 0 Å². The summed E-state index contributed by atoms with van der Waals surface area (Å²) < 4.78 is 83.3. The van der Waals surface area contributed by atoms with Crippen molar-refractivity contribution in [1.82, 2.24) is 5.06 Å². The number of halogens is 6. The summed E-state index contributed by atoms with van der Waals surface area (Å²) in [7, 11) is 1.84. The number of hydroxylamine groups is 2. The zero-order valence-corrected chi connectivity index (χ0v) is 16.7. The summed E-state index contributed by atoms with van der Waals surface area (Å²) >= 11 is 0. The Labute approximate surface area is 174 Å². The minimum atomic E-state index is -6.18. The summed E-state index contributed by atoms with van der Waals surface area (Å²) in [5, 5.41) is 10.6. The van der Waals surface area contributed by atoms with Gasteiger partial charge in [0, 0.05) is 7.05 Å². The Bertz CT molecular complexity index is 888. The highest BCUT2D eigenvalue weighted by Gasteiger charge is 2.81. The first kappa shape index (κ1) is 23.3. The molecule has 31 heavy (non-hydrogen) atoms. The van der Waals surface area contributed by atoms with E-state index in [-0.39, 0.29) is 16.6 Å². The molecular formula is C21H21F6NO3. The highest BCUT2D eigenvalue weighted by atomic mass is 19.4. The predicted octanol–water partition coefficient (Wildman–Crippen LogP) is 4.67. The summed E-state index contributed by atoms with van der Waals surface area (Å²) in [5.41, 5.74) is -7.37. The third-order valence-electron chi connectivity index (χ3n) is 5.91. The Morgan fingerprint density at radius 1 is 1.10 bits per heavy atom. The monoisotopic (exact) mass is 449 g/mol. The van der Waals surface area contributed by atoms with Crippen LogP contribution in [0.2, 0.25) is 0 Å². The van der Waals surface area contributed by atoms with Crippen LogP contribution in [0, 0.1) is 11.3 Å². The molecule has 1 unspecified atom stereocenters. The molecule has 170 valence electrons. The van der Waals surface area contributed by atoms with Gasteiger partial charge in [-0.1, -0.05) is 48.1 Å². The quantitative estimate of drug-likeness (QED) is 0.525. The van der Waals surface area contributed by atoms with E-state index in [1.807, 2.05) is 0 Å². The Balaban J connectivity index is 2.27. The van der Waals surface area contributed by atoms with Crippen LogP contribution in [0.25, 0.3) is 5.57 Å². The number of carbonyl (C=O) groups is 1. The topological polar surface area (TPSA) is 49.8 Å². The maximum atomic E-state index is 13.9. The van der Waals surface area contributed by atoms with Crippen LogP contribution in [-0.2, 0) is 9.63 Å². The highest BCUT2D eigenvalue weighted by Crippen LogP contribution is 2.60. The number of amides is 1. The lowest BCUT2D eigenvalue weighted by molar-refractivity contribution is -0.394. The van der Waals surface area contributed by atoms with Gasteiger partial charge in [0.15, 0.2) is 0 Å². The Morgan fingerprint density at radius 2 is 1.65 bits per heavy atom. The molecule has 1 fully saturated rings. The van der Waals surface area contributed by atoms with E-state index in [2.05, 4.69) is 4.84 Å². The molecule has 0 saturated heterocycles. The Morgan fingerprint density at radius 3 is 2.10 bits per heavy atom. The minimum Gasteiger partial charge on any atom is -0.373 e. The van der Waals surface area contributed by atoms with Gasteiger partial charge in [0.05, 0.1) is 7.11 Å². The van der Waals surface area contributed by atoms with Gasteiger partial charge < -0.3 is 5.11 Å². The molecule has 1 saturated carbocycles. The number of alkyl halides is 6. The molecule has 2 aliphatic carbocycles. The van der Waals surface area contributed by atoms with Gasteiger partial charge in [0.1, 0.15) is 5.41 Å². The molecule has 1 atom stereocenters. The fourth-order valence-corrected chi connectivity index (χ4v) is 4.06. The fraction of sp³-hybridized carbons (Fsp3) is 0.476. The second-order valence-corrected chi connectivity index (χ2v) is 7.75. The molecule has 1 aromatic carbocycles. The van der Waals surface area contributed by atoms with Gasteiger partial charge in [-0.3, -0.25) is 9.63 Å². The highest BCUT2D eigenvalue weighted by molar-refractivity contribution is 5.90. The van der Waals surface area contributed by atoms with E-state index >= 15 is 0 Å². The molecule has 0 bridgehead atoms. The molecule has 0 radical (unpaired) electrons. The number of allylic oxidation sites excluding steroid dienone is 3. The predicted molar refractivity (Wildman–Crippen MR) is 99.1 cm³/mol. The van der Waals surface area contributed by atoms with Crippen LogP contribution in [-0.4, -0.2) is 48.2 Å². The molecule has 1 aromatic rings. The van der Waals surface area contributed by atoms with Crippen molar-refractivity contribution in [3.63, 3.8) is 0 Å². The zero-order valence-electron chi connectivity index (χ0n) is 16.7. The van der Waals surface area contributed by atoms with E-state index in [0.29, 0.717) is 30.1 Å². The number of rotatable bonds is 5. The third kappa shape index (κ3) is 3.65. The van der Waals surface area contributed by atoms with E-state index < -0.39 is 35.7 Å².